The Morgan fingerprint density at radius 3 is 2.00 bits per heavy atom. The lowest BCUT2D eigenvalue weighted by Gasteiger charge is -2.33. The zero-order chi connectivity index (χ0) is 17.6. The number of ether oxygens (including phenoxy) is 2. The molecule has 0 bridgehead atoms. The average molecular weight is 338 g/mol. The molecule has 2 aromatic carbocycles. The van der Waals surface area contributed by atoms with Gasteiger partial charge in [0.05, 0.1) is 13.2 Å². The van der Waals surface area contributed by atoms with Crippen molar-refractivity contribution in [3.63, 3.8) is 0 Å². The first-order valence-electron chi connectivity index (χ1n) is 7.39. The first kappa shape index (κ1) is 18.0. The minimum absolute atomic E-state index is 0.182. The maximum Gasteiger partial charge on any atom is 0.432 e. The lowest BCUT2D eigenvalue weighted by Crippen LogP contribution is -2.52. The predicted octanol–water partition coefficient (Wildman–Crippen LogP) is 4.22. The van der Waals surface area contributed by atoms with Crippen molar-refractivity contribution < 1.29 is 27.4 Å². The standard InChI is InChI=1S/C18H17F3O3/c1-2-23-16(22)17(18(19,20)21,15-11-7-4-8-12-15)24-13-14-9-5-3-6-10-14/h3-12H,2,13H2,1H3. The van der Waals surface area contributed by atoms with Gasteiger partial charge in [-0.1, -0.05) is 60.7 Å². The molecule has 0 aliphatic rings. The molecule has 0 aliphatic heterocycles. The molecule has 3 nitrogen and oxygen atoms in total. The van der Waals surface area contributed by atoms with E-state index in [1.54, 1.807) is 36.4 Å². The lowest BCUT2D eigenvalue weighted by atomic mass is 9.92. The van der Waals surface area contributed by atoms with Gasteiger partial charge in [-0.05, 0) is 12.5 Å². The molecule has 1 unspecified atom stereocenters. The molecule has 0 spiro atoms. The Morgan fingerprint density at radius 2 is 1.50 bits per heavy atom. The normalized spacial score (nSPS) is 14.0. The summed E-state index contributed by atoms with van der Waals surface area (Å²) in [6.45, 7) is 0.882. The SMILES string of the molecule is CCOC(=O)C(OCc1ccccc1)(c1ccccc1)C(F)(F)F. The zero-order valence-electron chi connectivity index (χ0n) is 13.0. The fraction of sp³-hybridized carbons (Fsp3) is 0.278. The van der Waals surface area contributed by atoms with Crippen LogP contribution in [0.1, 0.15) is 18.1 Å². The Hall–Kier alpha value is -2.34. The molecule has 2 rings (SSSR count). The van der Waals surface area contributed by atoms with Crippen molar-refractivity contribution in [2.45, 2.75) is 25.3 Å². The molecule has 0 heterocycles. The van der Waals surface area contributed by atoms with E-state index in [-0.39, 0.29) is 18.8 Å². The van der Waals surface area contributed by atoms with Crippen molar-refractivity contribution in [1.29, 1.82) is 0 Å². The van der Waals surface area contributed by atoms with Crippen LogP contribution in [0.4, 0.5) is 13.2 Å². The molecule has 0 amide bonds. The van der Waals surface area contributed by atoms with Crippen molar-refractivity contribution >= 4 is 5.97 Å². The molecule has 1 atom stereocenters. The first-order valence-corrected chi connectivity index (χ1v) is 7.39. The molecule has 0 N–H and O–H groups in total. The number of halogens is 3. The van der Waals surface area contributed by atoms with Gasteiger partial charge in [0.25, 0.3) is 5.60 Å². The molecule has 0 fully saturated rings. The number of carbonyl (C=O) groups is 1. The Kier molecular flexibility index (Phi) is 5.62. The molecule has 128 valence electrons. The van der Waals surface area contributed by atoms with Crippen LogP contribution in [0, 0.1) is 0 Å². The van der Waals surface area contributed by atoms with E-state index in [4.69, 9.17) is 9.47 Å². The zero-order valence-corrected chi connectivity index (χ0v) is 13.0. The minimum atomic E-state index is -4.98. The number of rotatable bonds is 6. The van der Waals surface area contributed by atoms with Gasteiger partial charge in [-0.15, -0.1) is 0 Å². The molecule has 6 heteroatoms. The summed E-state index contributed by atoms with van der Waals surface area (Å²) in [5.41, 5.74) is -2.96. The fourth-order valence-electron chi connectivity index (χ4n) is 2.29. The first-order chi connectivity index (χ1) is 11.4. The number of benzene rings is 2. The second-order valence-electron chi connectivity index (χ2n) is 5.04. The van der Waals surface area contributed by atoms with Crippen LogP contribution in [0.25, 0.3) is 0 Å². The summed E-state index contributed by atoms with van der Waals surface area (Å²) in [6, 6.07) is 15.2. The van der Waals surface area contributed by atoms with Crippen LogP contribution >= 0.6 is 0 Å². The predicted molar refractivity (Wildman–Crippen MR) is 82.0 cm³/mol. The number of hydrogen-bond acceptors (Lipinski definition) is 3. The van der Waals surface area contributed by atoms with E-state index in [9.17, 15) is 18.0 Å². The summed E-state index contributed by atoms with van der Waals surface area (Å²) in [5, 5.41) is 0. The molecular formula is C18H17F3O3. The van der Waals surface area contributed by atoms with Crippen LogP contribution < -0.4 is 0 Å². The summed E-state index contributed by atoms with van der Waals surface area (Å²) in [5.74, 6) is -1.47. The number of alkyl halides is 3. The maximum absolute atomic E-state index is 13.9. The van der Waals surface area contributed by atoms with E-state index in [1.807, 2.05) is 0 Å². The van der Waals surface area contributed by atoms with E-state index in [0.29, 0.717) is 5.56 Å². The van der Waals surface area contributed by atoms with E-state index < -0.39 is 17.7 Å². The molecule has 2 aromatic rings. The van der Waals surface area contributed by atoms with Crippen LogP contribution in [-0.4, -0.2) is 18.8 Å². The molecule has 0 saturated carbocycles. The quantitative estimate of drug-likeness (QED) is 0.740. The Morgan fingerprint density at radius 1 is 0.958 bits per heavy atom. The number of carbonyl (C=O) groups excluding carboxylic acids is 1. The van der Waals surface area contributed by atoms with Crippen molar-refractivity contribution in [2.75, 3.05) is 6.61 Å². The summed E-state index contributed by atoms with van der Waals surface area (Å²) in [7, 11) is 0. The van der Waals surface area contributed by atoms with Gasteiger partial charge in [0.2, 0.25) is 0 Å². The third kappa shape index (κ3) is 3.59. The number of esters is 1. The van der Waals surface area contributed by atoms with Gasteiger partial charge in [-0.25, -0.2) is 4.79 Å². The van der Waals surface area contributed by atoms with E-state index in [2.05, 4.69) is 0 Å². The van der Waals surface area contributed by atoms with Gasteiger partial charge in [0.15, 0.2) is 0 Å². The summed E-state index contributed by atoms with van der Waals surface area (Å²) in [4.78, 5) is 12.3. The highest BCUT2D eigenvalue weighted by atomic mass is 19.4. The van der Waals surface area contributed by atoms with Crippen LogP contribution in [0.3, 0.4) is 0 Å². The second kappa shape index (κ2) is 7.49. The smallest absolute Gasteiger partial charge is 0.432 e. The Balaban J connectivity index is 2.47. The van der Waals surface area contributed by atoms with Gasteiger partial charge in [0.1, 0.15) is 0 Å². The summed E-state index contributed by atoms with van der Waals surface area (Å²) in [6.07, 6.45) is -4.98. The maximum atomic E-state index is 13.9. The highest BCUT2D eigenvalue weighted by molar-refractivity contribution is 5.82. The highest BCUT2D eigenvalue weighted by Gasteiger charge is 2.64. The average Bonchev–Trinajstić information content (AvgIpc) is 2.56. The molecular weight excluding hydrogens is 321 g/mol. The van der Waals surface area contributed by atoms with Gasteiger partial charge >= 0.3 is 12.1 Å². The van der Waals surface area contributed by atoms with Crippen LogP contribution in [-0.2, 0) is 26.5 Å². The molecule has 24 heavy (non-hydrogen) atoms. The van der Waals surface area contributed by atoms with E-state index in [1.165, 1.54) is 31.2 Å². The van der Waals surface area contributed by atoms with E-state index >= 15 is 0 Å². The van der Waals surface area contributed by atoms with Crippen LogP contribution in [0.15, 0.2) is 60.7 Å². The lowest BCUT2D eigenvalue weighted by molar-refractivity contribution is -0.286. The van der Waals surface area contributed by atoms with Gasteiger partial charge < -0.3 is 9.47 Å². The molecule has 0 saturated heterocycles. The third-order valence-electron chi connectivity index (χ3n) is 3.44. The second-order valence-corrected chi connectivity index (χ2v) is 5.04. The molecule has 0 aromatic heterocycles. The van der Waals surface area contributed by atoms with Gasteiger partial charge in [-0.3, -0.25) is 0 Å². The minimum Gasteiger partial charge on any atom is -0.463 e. The molecule has 0 aliphatic carbocycles. The van der Waals surface area contributed by atoms with Crippen molar-refractivity contribution in [1.82, 2.24) is 0 Å². The summed E-state index contributed by atoms with van der Waals surface area (Å²) >= 11 is 0. The Bertz CT molecular complexity index is 656. The topological polar surface area (TPSA) is 35.5 Å². The van der Waals surface area contributed by atoms with Crippen molar-refractivity contribution in [3.8, 4) is 0 Å². The highest BCUT2D eigenvalue weighted by Crippen LogP contribution is 2.44. The van der Waals surface area contributed by atoms with Gasteiger partial charge in [0, 0.05) is 5.56 Å². The Labute approximate surface area is 138 Å². The monoisotopic (exact) mass is 338 g/mol. The third-order valence-corrected chi connectivity index (χ3v) is 3.44. The van der Waals surface area contributed by atoms with Crippen LogP contribution in [0.2, 0.25) is 0 Å². The number of hydrogen-bond donors (Lipinski definition) is 0. The van der Waals surface area contributed by atoms with Crippen molar-refractivity contribution in [2.24, 2.45) is 0 Å². The van der Waals surface area contributed by atoms with Gasteiger partial charge in [-0.2, -0.15) is 13.2 Å². The van der Waals surface area contributed by atoms with Crippen molar-refractivity contribution in [3.05, 3.63) is 71.8 Å². The van der Waals surface area contributed by atoms with Crippen LogP contribution in [0.5, 0.6) is 0 Å². The van der Waals surface area contributed by atoms with E-state index in [0.717, 1.165) is 0 Å². The molecule has 0 radical (unpaired) electrons. The fourth-order valence-corrected chi connectivity index (χ4v) is 2.29. The summed E-state index contributed by atoms with van der Waals surface area (Å²) < 4.78 is 51.6. The largest absolute Gasteiger partial charge is 0.463 e.